The van der Waals surface area contributed by atoms with Crippen LogP contribution in [0.4, 0.5) is 0 Å². The van der Waals surface area contributed by atoms with E-state index in [9.17, 15) is 0 Å². The SMILES string of the molecule is O=C[O-].[Ca+2].[Cl-].[Na+]. The summed E-state index contributed by atoms with van der Waals surface area (Å²) in [4.78, 5) is 8.25. The van der Waals surface area contributed by atoms with Gasteiger partial charge in [-0.1, -0.05) is 0 Å². The van der Waals surface area contributed by atoms with Gasteiger partial charge in [0.25, 0.3) is 0 Å². The summed E-state index contributed by atoms with van der Waals surface area (Å²) >= 11 is 0. The smallest absolute Gasteiger partial charge is 1.00 e. The summed E-state index contributed by atoms with van der Waals surface area (Å²) in [7, 11) is 0. The minimum absolute atomic E-state index is 0. The average molecular weight is 144 g/mol. The second-order valence-electron chi connectivity index (χ2n) is 0.0962. The third-order valence-corrected chi connectivity index (χ3v) is 0. The normalized spacial score (nSPS) is 2.00. The van der Waals surface area contributed by atoms with E-state index in [1.54, 1.807) is 0 Å². The zero-order valence-corrected chi connectivity index (χ0v) is 8.44. The number of rotatable bonds is 0. The summed E-state index contributed by atoms with van der Waals surface area (Å²) in [6.45, 7) is -0.500. The first-order valence-electron chi connectivity index (χ1n) is 0.471. The molecule has 2 nitrogen and oxygen atoms in total. The standard InChI is InChI=1S/CH2O2.Ca.ClH.Na/c2-1-3;;;/h1H,(H,2,3);;1H;/q;+2;;+1/p-2. The molecule has 0 aromatic rings. The number of carbonyl (C=O) groups excluding carboxylic acids is 1. The Bertz CT molecular complexity index is 21.0. The number of hydrogen-bond acceptors (Lipinski definition) is 2. The zero-order chi connectivity index (χ0) is 2.71. The van der Waals surface area contributed by atoms with E-state index in [-0.39, 0.29) is 79.7 Å². The first kappa shape index (κ1) is 24.5. The molecular weight excluding hydrogens is 143 g/mol. The second-order valence-corrected chi connectivity index (χ2v) is 0.0962. The van der Waals surface area contributed by atoms with Crippen LogP contribution in [0.5, 0.6) is 0 Å². The molecule has 0 saturated carbocycles. The molecule has 0 aliphatic rings. The van der Waals surface area contributed by atoms with E-state index in [1.165, 1.54) is 0 Å². The quantitative estimate of drug-likeness (QED) is 0.250. The first-order valence-corrected chi connectivity index (χ1v) is 0.471. The van der Waals surface area contributed by atoms with Gasteiger partial charge in [0.2, 0.25) is 0 Å². The van der Waals surface area contributed by atoms with Crippen molar-refractivity contribution in [3.05, 3.63) is 0 Å². The monoisotopic (exact) mass is 143 g/mol. The van der Waals surface area contributed by atoms with Crippen LogP contribution in [-0.2, 0) is 4.79 Å². The Kier molecular flexibility index (Phi) is 114. The molecule has 0 bridgehead atoms. The van der Waals surface area contributed by atoms with Crippen LogP contribution >= 0.6 is 0 Å². The number of hydrogen-bond donors (Lipinski definition) is 0. The summed E-state index contributed by atoms with van der Waals surface area (Å²) in [5.74, 6) is 0. The summed E-state index contributed by atoms with van der Waals surface area (Å²) in [6.07, 6.45) is 0. The average Bonchev–Trinajstić information content (AvgIpc) is 0.918. The fourth-order valence-corrected chi connectivity index (χ4v) is 0. The summed E-state index contributed by atoms with van der Waals surface area (Å²) < 4.78 is 0. The summed E-state index contributed by atoms with van der Waals surface area (Å²) in [5.41, 5.74) is 0. The van der Waals surface area contributed by atoms with Crippen molar-refractivity contribution in [2.75, 3.05) is 0 Å². The van der Waals surface area contributed by atoms with Gasteiger partial charge in [-0.3, -0.25) is 0 Å². The van der Waals surface area contributed by atoms with Crippen LogP contribution < -0.4 is 47.1 Å². The maximum atomic E-state index is 8.25. The molecule has 0 heterocycles. The maximum Gasteiger partial charge on any atom is 2.00 e. The fourth-order valence-electron chi connectivity index (χ4n) is 0. The van der Waals surface area contributed by atoms with Crippen molar-refractivity contribution in [1.82, 2.24) is 0 Å². The van der Waals surface area contributed by atoms with Gasteiger partial charge in [0.05, 0.1) is 0 Å². The van der Waals surface area contributed by atoms with Gasteiger partial charge in [-0.05, 0) is 0 Å². The van der Waals surface area contributed by atoms with E-state index in [0.29, 0.717) is 0 Å². The van der Waals surface area contributed by atoms with E-state index < -0.39 is 6.47 Å². The zero-order valence-electron chi connectivity index (χ0n) is 3.48. The minimum Gasteiger partial charge on any atom is -1.00 e. The molecule has 0 aromatic carbocycles. The van der Waals surface area contributed by atoms with E-state index in [0.717, 1.165) is 0 Å². The van der Waals surface area contributed by atoms with Crippen molar-refractivity contribution in [1.29, 1.82) is 0 Å². The van der Waals surface area contributed by atoms with Crippen LogP contribution in [0.3, 0.4) is 0 Å². The van der Waals surface area contributed by atoms with Gasteiger partial charge in [0, 0.05) is 6.47 Å². The van der Waals surface area contributed by atoms with Crippen LogP contribution in [0.2, 0.25) is 0 Å². The third kappa shape index (κ3) is 37.2. The van der Waals surface area contributed by atoms with Gasteiger partial charge < -0.3 is 22.3 Å². The molecule has 0 spiro atoms. The Morgan fingerprint density at radius 1 is 1.50 bits per heavy atom. The Morgan fingerprint density at radius 3 is 1.50 bits per heavy atom. The Morgan fingerprint density at radius 2 is 1.50 bits per heavy atom. The molecule has 5 heteroatoms. The van der Waals surface area contributed by atoms with Crippen molar-refractivity contribution >= 4 is 44.2 Å². The molecule has 0 aliphatic heterocycles. The number of halogens is 1. The molecule has 0 N–H and O–H groups in total. The van der Waals surface area contributed by atoms with Crippen LogP contribution in [0.25, 0.3) is 0 Å². The van der Waals surface area contributed by atoms with Crippen molar-refractivity contribution in [3.8, 4) is 0 Å². The van der Waals surface area contributed by atoms with E-state index in [4.69, 9.17) is 9.90 Å². The molecule has 0 atom stereocenters. The summed E-state index contributed by atoms with van der Waals surface area (Å²) in [5, 5.41) is 8.25. The van der Waals surface area contributed by atoms with Crippen molar-refractivity contribution < 1.29 is 51.9 Å². The van der Waals surface area contributed by atoms with Gasteiger partial charge in [-0.2, -0.15) is 0 Å². The van der Waals surface area contributed by atoms with Gasteiger partial charge in [0.1, 0.15) is 0 Å². The molecule has 0 rings (SSSR count). The second kappa shape index (κ2) is 27.9. The van der Waals surface area contributed by atoms with Crippen molar-refractivity contribution in [2.45, 2.75) is 0 Å². The predicted molar refractivity (Wildman–Crippen MR) is 11.8 cm³/mol. The molecule has 26 valence electrons. The molecule has 0 saturated heterocycles. The molecule has 0 fully saturated rings. The Hall–Kier alpha value is 2.02. The van der Waals surface area contributed by atoms with Gasteiger partial charge >= 0.3 is 67.3 Å². The molecule has 0 aromatic heterocycles. The van der Waals surface area contributed by atoms with Crippen LogP contribution in [0, 0.1) is 0 Å². The molecule has 0 unspecified atom stereocenters. The van der Waals surface area contributed by atoms with Gasteiger partial charge in [-0.15, -0.1) is 0 Å². The minimum atomic E-state index is -0.500. The van der Waals surface area contributed by atoms with E-state index >= 15 is 0 Å². The maximum absolute atomic E-state index is 8.25. The van der Waals surface area contributed by atoms with E-state index in [2.05, 4.69) is 0 Å². The number of carboxylic acid groups (broad SMARTS) is 1. The Labute approximate surface area is 94.4 Å². The molecule has 0 aliphatic carbocycles. The largest absolute Gasteiger partial charge is 2.00 e. The molecule has 0 amide bonds. The van der Waals surface area contributed by atoms with E-state index in [1.807, 2.05) is 0 Å². The first-order chi connectivity index (χ1) is 1.41. The Balaban J connectivity index is -0.00000000667. The predicted octanol–water partition coefficient (Wildman–Crippen LogP) is -8.01. The third-order valence-electron chi connectivity index (χ3n) is 0. The molecular formula is CHCaClNaO2+. The van der Waals surface area contributed by atoms with Crippen LogP contribution in [0.15, 0.2) is 0 Å². The van der Waals surface area contributed by atoms with Crippen LogP contribution in [-0.4, -0.2) is 44.2 Å². The van der Waals surface area contributed by atoms with Crippen molar-refractivity contribution in [2.24, 2.45) is 0 Å². The fraction of sp³-hybridized carbons (Fsp3) is 0. The van der Waals surface area contributed by atoms with Gasteiger partial charge in [0.15, 0.2) is 0 Å². The summed E-state index contributed by atoms with van der Waals surface area (Å²) in [6, 6.07) is 0. The van der Waals surface area contributed by atoms with Crippen molar-refractivity contribution in [3.63, 3.8) is 0 Å². The van der Waals surface area contributed by atoms with Crippen LogP contribution in [0.1, 0.15) is 0 Å². The van der Waals surface area contributed by atoms with Gasteiger partial charge in [-0.25, -0.2) is 0 Å². The molecule has 0 radical (unpaired) electrons. The number of carbonyl (C=O) groups is 1. The molecule has 6 heavy (non-hydrogen) atoms. The topological polar surface area (TPSA) is 40.1 Å².